The van der Waals surface area contributed by atoms with E-state index in [2.05, 4.69) is 21.0 Å². The van der Waals surface area contributed by atoms with E-state index in [-0.39, 0.29) is 13.0 Å². The SMILES string of the molecule is CCc1nn(CC)c(CC(F)(CN)c2ccccc2)c1Br. The summed E-state index contributed by atoms with van der Waals surface area (Å²) >= 11 is 3.57. The van der Waals surface area contributed by atoms with Crippen LogP contribution in [-0.2, 0) is 25.1 Å². The molecule has 114 valence electrons. The van der Waals surface area contributed by atoms with Gasteiger partial charge in [-0.3, -0.25) is 4.68 Å². The summed E-state index contributed by atoms with van der Waals surface area (Å²) in [6.45, 7) is 4.70. The molecule has 0 saturated carbocycles. The summed E-state index contributed by atoms with van der Waals surface area (Å²) in [4.78, 5) is 0. The first-order chi connectivity index (χ1) is 10.1. The predicted octanol–water partition coefficient (Wildman–Crippen LogP) is 3.59. The summed E-state index contributed by atoms with van der Waals surface area (Å²) in [5.74, 6) is 0. The van der Waals surface area contributed by atoms with Gasteiger partial charge in [-0.25, -0.2) is 4.39 Å². The van der Waals surface area contributed by atoms with Gasteiger partial charge in [0, 0.05) is 19.5 Å². The van der Waals surface area contributed by atoms with Crippen LogP contribution >= 0.6 is 15.9 Å². The molecule has 0 saturated heterocycles. The van der Waals surface area contributed by atoms with Crippen molar-refractivity contribution < 1.29 is 4.39 Å². The van der Waals surface area contributed by atoms with Crippen molar-refractivity contribution in [2.75, 3.05) is 6.54 Å². The summed E-state index contributed by atoms with van der Waals surface area (Å²) in [6.07, 6.45) is 1.03. The second kappa shape index (κ2) is 6.71. The monoisotopic (exact) mass is 353 g/mol. The Balaban J connectivity index is 2.41. The number of halogens is 2. The van der Waals surface area contributed by atoms with Gasteiger partial charge in [-0.2, -0.15) is 5.10 Å². The number of aromatic nitrogens is 2. The predicted molar refractivity (Wildman–Crippen MR) is 87.0 cm³/mol. The van der Waals surface area contributed by atoms with Gasteiger partial charge >= 0.3 is 0 Å². The Kier molecular flexibility index (Phi) is 5.17. The maximum absolute atomic E-state index is 15.4. The standard InChI is InChI=1S/C16H21BrFN3/c1-3-13-15(17)14(21(4-2)20-13)10-16(18,11-19)12-8-6-5-7-9-12/h5-9H,3-4,10-11,19H2,1-2H3. The number of aryl methyl sites for hydroxylation is 2. The maximum atomic E-state index is 15.4. The third-order valence-corrected chi connectivity index (χ3v) is 4.67. The van der Waals surface area contributed by atoms with Gasteiger partial charge in [0.1, 0.15) is 0 Å². The van der Waals surface area contributed by atoms with Crippen LogP contribution in [-0.4, -0.2) is 16.3 Å². The van der Waals surface area contributed by atoms with Gasteiger partial charge in [0.05, 0.1) is 15.9 Å². The molecule has 1 aromatic carbocycles. The summed E-state index contributed by atoms with van der Waals surface area (Å²) in [5, 5.41) is 4.52. The molecular weight excluding hydrogens is 333 g/mol. The third-order valence-electron chi connectivity index (χ3n) is 3.76. The number of nitrogens with zero attached hydrogens (tertiary/aromatic N) is 2. The molecule has 0 aliphatic rings. The molecule has 3 nitrogen and oxygen atoms in total. The van der Waals surface area contributed by atoms with Crippen molar-refractivity contribution in [2.45, 2.75) is 38.9 Å². The van der Waals surface area contributed by atoms with Gasteiger partial charge in [-0.05, 0) is 34.8 Å². The number of rotatable bonds is 6. The Morgan fingerprint density at radius 2 is 1.95 bits per heavy atom. The molecule has 2 rings (SSSR count). The van der Waals surface area contributed by atoms with Crippen molar-refractivity contribution in [1.29, 1.82) is 0 Å². The maximum Gasteiger partial charge on any atom is 0.153 e. The van der Waals surface area contributed by atoms with E-state index in [9.17, 15) is 0 Å². The average Bonchev–Trinajstić information content (AvgIpc) is 2.83. The second-order valence-corrected chi connectivity index (χ2v) is 5.88. The topological polar surface area (TPSA) is 43.8 Å². The molecule has 2 N–H and O–H groups in total. The van der Waals surface area contributed by atoms with Gasteiger partial charge in [-0.15, -0.1) is 0 Å². The van der Waals surface area contributed by atoms with Crippen LogP contribution in [0, 0.1) is 0 Å². The first-order valence-corrected chi connectivity index (χ1v) is 8.03. The fraction of sp³-hybridized carbons (Fsp3) is 0.438. The van der Waals surface area contributed by atoms with Crippen LogP contribution in [0.4, 0.5) is 4.39 Å². The third kappa shape index (κ3) is 3.19. The van der Waals surface area contributed by atoms with Crippen LogP contribution < -0.4 is 5.73 Å². The van der Waals surface area contributed by atoms with Gasteiger partial charge in [0.2, 0.25) is 0 Å². The molecule has 2 aromatic rings. The zero-order valence-corrected chi connectivity index (χ0v) is 14.0. The minimum atomic E-state index is -1.58. The minimum absolute atomic E-state index is 0.0557. The van der Waals surface area contributed by atoms with E-state index in [1.54, 1.807) is 12.1 Å². The highest BCUT2D eigenvalue weighted by Gasteiger charge is 2.33. The molecule has 21 heavy (non-hydrogen) atoms. The van der Waals surface area contributed by atoms with Gasteiger partial charge in [0.15, 0.2) is 5.67 Å². The van der Waals surface area contributed by atoms with Crippen molar-refractivity contribution in [2.24, 2.45) is 5.73 Å². The van der Waals surface area contributed by atoms with Crippen LogP contribution in [0.15, 0.2) is 34.8 Å². The van der Waals surface area contributed by atoms with E-state index >= 15 is 4.39 Å². The number of nitrogens with two attached hydrogens (primary N) is 1. The van der Waals surface area contributed by atoms with Gasteiger partial charge < -0.3 is 5.73 Å². The zero-order chi connectivity index (χ0) is 15.5. The molecule has 0 amide bonds. The fourth-order valence-electron chi connectivity index (χ4n) is 2.48. The molecule has 5 heteroatoms. The Hall–Kier alpha value is -1.20. The number of hydrogen-bond acceptors (Lipinski definition) is 2. The largest absolute Gasteiger partial charge is 0.327 e. The normalized spacial score (nSPS) is 14.1. The molecule has 1 heterocycles. The molecule has 0 radical (unpaired) electrons. The Morgan fingerprint density at radius 3 is 2.48 bits per heavy atom. The Bertz CT molecular complexity index is 597. The van der Waals surface area contributed by atoms with E-state index in [1.165, 1.54) is 0 Å². The van der Waals surface area contributed by atoms with Crippen molar-refractivity contribution in [3.63, 3.8) is 0 Å². The minimum Gasteiger partial charge on any atom is -0.327 e. The molecule has 0 fully saturated rings. The van der Waals surface area contributed by atoms with Gasteiger partial charge in [-0.1, -0.05) is 37.3 Å². The lowest BCUT2D eigenvalue weighted by Gasteiger charge is -2.24. The van der Waals surface area contributed by atoms with E-state index in [4.69, 9.17) is 5.73 Å². The molecule has 1 atom stereocenters. The molecule has 0 aliphatic heterocycles. The summed E-state index contributed by atoms with van der Waals surface area (Å²) < 4.78 is 18.1. The molecule has 1 unspecified atom stereocenters. The number of alkyl halides is 1. The average molecular weight is 354 g/mol. The van der Waals surface area contributed by atoms with Crippen LogP contribution in [0.25, 0.3) is 0 Å². The van der Waals surface area contributed by atoms with Crippen molar-refractivity contribution in [3.05, 3.63) is 51.8 Å². The van der Waals surface area contributed by atoms with E-state index in [0.717, 1.165) is 22.3 Å². The molecule has 0 spiro atoms. The molecule has 0 aliphatic carbocycles. The lowest BCUT2D eigenvalue weighted by Crippen LogP contribution is -2.33. The fourth-order valence-corrected chi connectivity index (χ4v) is 3.19. The summed E-state index contributed by atoms with van der Waals surface area (Å²) in [6, 6.07) is 9.12. The molecule has 0 bridgehead atoms. The van der Waals surface area contributed by atoms with Crippen LogP contribution in [0.1, 0.15) is 30.8 Å². The van der Waals surface area contributed by atoms with E-state index in [0.29, 0.717) is 12.1 Å². The first kappa shape index (κ1) is 16.2. The highest BCUT2D eigenvalue weighted by Crippen LogP contribution is 2.33. The first-order valence-electron chi connectivity index (χ1n) is 7.24. The lowest BCUT2D eigenvalue weighted by molar-refractivity contribution is 0.171. The van der Waals surface area contributed by atoms with Crippen LogP contribution in [0.5, 0.6) is 0 Å². The van der Waals surface area contributed by atoms with E-state index in [1.807, 2.05) is 36.7 Å². The number of benzene rings is 1. The van der Waals surface area contributed by atoms with Crippen molar-refractivity contribution in [1.82, 2.24) is 9.78 Å². The van der Waals surface area contributed by atoms with Crippen molar-refractivity contribution >= 4 is 15.9 Å². The summed E-state index contributed by atoms with van der Waals surface area (Å²) in [5.41, 5.74) is 6.60. The second-order valence-electron chi connectivity index (χ2n) is 5.09. The highest BCUT2D eigenvalue weighted by molar-refractivity contribution is 9.10. The highest BCUT2D eigenvalue weighted by atomic mass is 79.9. The molecule has 1 aromatic heterocycles. The lowest BCUT2D eigenvalue weighted by atomic mass is 9.91. The van der Waals surface area contributed by atoms with Crippen LogP contribution in [0.3, 0.4) is 0 Å². The van der Waals surface area contributed by atoms with Crippen LogP contribution in [0.2, 0.25) is 0 Å². The summed E-state index contributed by atoms with van der Waals surface area (Å²) in [7, 11) is 0. The van der Waals surface area contributed by atoms with Gasteiger partial charge in [0.25, 0.3) is 0 Å². The Labute approximate surface area is 133 Å². The number of hydrogen-bond donors (Lipinski definition) is 1. The smallest absolute Gasteiger partial charge is 0.153 e. The molecular formula is C16H21BrFN3. The van der Waals surface area contributed by atoms with Crippen molar-refractivity contribution in [3.8, 4) is 0 Å². The van der Waals surface area contributed by atoms with E-state index < -0.39 is 5.67 Å². The Morgan fingerprint density at radius 1 is 1.29 bits per heavy atom. The zero-order valence-electron chi connectivity index (χ0n) is 12.4. The quantitative estimate of drug-likeness (QED) is 0.862.